The molecule has 0 radical (unpaired) electrons. The molecule has 0 aromatic carbocycles. The fourth-order valence-electron chi connectivity index (χ4n) is 2.08. The highest BCUT2D eigenvalue weighted by Crippen LogP contribution is 2.32. The number of hydrogen-bond donors (Lipinski definition) is 0. The summed E-state index contributed by atoms with van der Waals surface area (Å²) < 4.78 is 10.7. The van der Waals surface area contributed by atoms with Crippen molar-refractivity contribution >= 4 is 17.4 Å². The lowest BCUT2D eigenvalue weighted by molar-refractivity contribution is 0.139. The fraction of sp³-hybridized carbons (Fsp3) is 0.286. The predicted octanol–water partition coefficient (Wildman–Crippen LogP) is 2.80. The van der Waals surface area contributed by atoms with E-state index in [1.54, 1.807) is 25.6 Å². The quantitative estimate of drug-likeness (QED) is 0.863. The monoisotopic (exact) mass is 274 g/mol. The molecule has 0 fully saturated rings. The number of rotatable bonds is 3. The molecule has 0 saturated carbocycles. The SMILES string of the molecule is COc1nc2c(nc1-c1cccs1)C=CC(OC)C2. The van der Waals surface area contributed by atoms with Gasteiger partial charge in [-0.2, -0.15) is 0 Å². The summed E-state index contributed by atoms with van der Waals surface area (Å²) in [7, 11) is 3.32. The summed E-state index contributed by atoms with van der Waals surface area (Å²) in [5.74, 6) is 0.575. The van der Waals surface area contributed by atoms with E-state index in [2.05, 4.69) is 9.97 Å². The minimum atomic E-state index is 0.0686. The number of nitrogens with zero attached hydrogens (tertiary/aromatic N) is 2. The Labute approximate surface area is 115 Å². The third kappa shape index (κ3) is 2.27. The van der Waals surface area contributed by atoms with Crippen molar-refractivity contribution < 1.29 is 9.47 Å². The summed E-state index contributed by atoms with van der Waals surface area (Å²) in [6.45, 7) is 0. The van der Waals surface area contributed by atoms with Gasteiger partial charge in [-0.15, -0.1) is 11.3 Å². The van der Waals surface area contributed by atoms with Crippen LogP contribution in [0.15, 0.2) is 23.6 Å². The second-order valence-electron chi connectivity index (χ2n) is 4.23. The second-order valence-corrected chi connectivity index (χ2v) is 5.18. The Balaban J connectivity index is 2.08. The first-order valence-corrected chi connectivity index (χ1v) is 6.89. The van der Waals surface area contributed by atoms with E-state index < -0.39 is 0 Å². The summed E-state index contributed by atoms with van der Waals surface area (Å²) in [6, 6.07) is 4.02. The maximum Gasteiger partial charge on any atom is 0.241 e. The molecular formula is C14H14N2O2S. The van der Waals surface area contributed by atoms with E-state index in [0.29, 0.717) is 5.88 Å². The van der Waals surface area contributed by atoms with Gasteiger partial charge in [0.1, 0.15) is 5.69 Å². The number of methoxy groups -OCH3 is 2. The molecule has 0 amide bonds. The van der Waals surface area contributed by atoms with Gasteiger partial charge in [0.25, 0.3) is 0 Å². The predicted molar refractivity (Wildman–Crippen MR) is 75.4 cm³/mol. The van der Waals surface area contributed by atoms with Gasteiger partial charge in [-0.1, -0.05) is 12.1 Å². The van der Waals surface area contributed by atoms with Crippen molar-refractivity contribution in [3.63, 3.8) is 0 Å². The molecule has 1 aliphatic carbocycles. The van der Waals surface area contributed by atoms with Crippen LogP contribution < -0.4 is 4.74 Å². The van der Waals surface area contributed by atoms with Gasteiger partial charge in [-0.3, -0.25) is 0 Å². The van der Waals surface area contributed by atoms with Gasteiger partial charge < -0.3 is 9.47 Å². The highest BCUT2D eigenvalue weighted by molar-refractivity contribution is 7.13. The van der Waals surface area contributed by atoms with Crippen molar-refractivity contribution in [3.05, 3.63) is 35.0 Å². The summed E-state index contributed by atoms with van der Waals surface area (Å²) in [6.07, 6.45) is 4.79. The maximum atomic E-state index is 5.37. The molecule has 1 unspecified atom stereocenters. The van der Waals surface area contributed by atoms with E-state index >= 15 is 0 Å². The van der Waals surface area contributed by atoms with Crippen LogP contribution in [-0.4, -0.2) is 30.3 Å². The number of hydrogen-bond acceptors (Lipinski definition) is 5. The number of thiophene rings is 1. The molecule has 0 spiro atoms. The minimum absolute atomic E-state index is 0.0686. The van der Waals surface area contributed by atoms with Gasteiger partial charge in [-0.05, 0) is 17.5 Å². The topological polar surface area (TPSA) is 44.2 Å². The first kappa shape index (κ1) is 12.3. The lowest BCUT2D eigenvalue weighted by Crippen LogP contribution is -2.17. The molecule has 4 nitrogen and oxygen atoms in total. The molecule has 2 aromatic heterocycles. The van der Waals surface area contributed by atoms with Gasteiger partial charge in [0.2, 0.25) is 5.88 Å². The second kappa shape index (κ2) is 5.11. The van der Waals surface area contributed by atoms with Crippen LogP contribution in [0.25, 0.3) is 16.6 Å². The lowest BCUT2D eigenvalue weighted by atomic mass is 10.0. The zero-order valence-corrected chi connectivity index (χ0v) is 11.6. The Bertz CT molecular complexity index is 608. The van der Waals surface area contributed by atoms with Crippen LogP contribution in [0.1, 0.15) is 11.4 Å². The molecule has 0 aliphatic heterocycles. The molecule has 0 N–H and O–H groups in total. The van der Waals surface area contributed by atoms with Crippen molar-refractivity contribution in [2.45, 2.75) is 12.5 Å². The van der Waals surface area contributed by atoms with Crippen LogP contribution in [0.5, 0.6) is 5.88 Å². The lowest BCUT2D eigenvalue weighted by Gasteiger charge is -2.18. The molecule has 2 heterocycles. The maximum absolute atomic E-state index is 5.37. The van der Waals surface area contributed by atoms with Gasteiger partial charge in [-0.25, -0.2) is 9.97 Å². The number of ether oxygens (including phenoxy) is 2. The molecule has 5 heteroatoms. The Morgan fingerprint density at radius 2 is 2.21 bits per heavy atom. The fourth-order valence-corrected chi connectivity index (χ4v) is 2.79. The van der Waals surface area contributed by atoms with Crippen LogP contribution >= 0.6 is 11.3 Å². The molecule has 1 atom stereocenters. The van der Waals surface area contributed by atoms with Crippen LogP contribution in [0.3, 0.4) is 0 Å². The number of fused-ring (bicyclic) bond motifs is 1. The standard InChI is InChI=1S/C14H14N2O2S/c1-17-9-5-6-10-11(8-9)16-14(18-2)13(15-10)12-4-3-7-19-12/h3-7,9H,8H2,1-2H3. The normalized spacial score (nSPS) is 17.3. The minimum Gasteiger partial charge on any atom is -0.479 e. The van der Waals surface area contributed by atoms with E-state index in [9.17, 15) is 0 Å². The van der Waals surface area contributed by atoms with Crippen molar-refractivity contribution in [1.82, 2.24) is 9.97 Å². The van der Waals surface area contributed by atoms with E-state index in [4.69, 9.17) is 9.47 Å². The Hall–Kier alpha value is -1.72. The highest BCUT2D eigenvalue weighted by Gasteiger charge is 2.20. The Morgan fingerprint density at radius 1 is 1.32 bits per heavy atom. The smallest absolute Gasteiger partial charge is 0.241 e. The zero-order chi connectivity index (χ0) is 13.2. The van der Waals surface area contributed by atoms with Crippen molar-refractivity contribution in [1.29, 1.82) is 0 Å². The van der Waals surface area contributed by atoms with Gasteiger partial charge in [0.05, 0.1) is 29.5 Å². The van der Waals surface area contributed by atoms with Gasteiger partial charge >= 0.3 is 0 Å². The molecule has 19 heavy (non-hydrogen) atoms. The van der Waals surface area contributed by atoms with Crippen molar-refractivity contribution in [3.8, 4) is 16.5 Å². The molecule has 0 bridgehead atoms. The van der Waals surface area contributed by atoms with Crippen LogP contribution in [-0.2, 0) is 11.2 Å². The van der Waals surface area contributed by atoms with E-state index in [1.165, 1.54) is 0 Å². The van der Waals surface area contributed by atoms with E-state index in [0.717, 1.165) is 28.4 Å². The average molecular weight is 274 g/mol. The molecule has 3 rings (SSSR count). The summed E-state index contributed by atoms with van der Waals surface area (Å²) in [5.41, 5.74) is 2.63. The Morgan fingerprint density at radius 3 is 2.89 bits per heavy atom. The number of aromatic nitrogens is 2. The van der Waals surface area contributed by atoms with E-state index in [1.807, 2.05) is 29.7 Å². The third-order valence-electron chi connectivity index (χ3n) is 3.08. The highest BCUT2D eigenvalue weighted by atomic mass is 32.1. The van der Waals surface area contributed by atoms with Gasteiger partial charge in [0.15, 0.2) is 0 Å². The molecule has 2 aromatic rings. The van der Waals surface area contributed by atoms with E-state index in [-0.39, 0.29) is 6.10 Å². The van der Waals surface area contributed by atoms with Gasteiger partial charge in [0, 0.05) is 13.5 Å². The van der Waals surface area contributed by atoms with Crippen LogP contribution in [0.2, 0.25) is 0 Å². The molecule has 1 aliphatic rings. The Kier molecular flexibility index (Phi) is 3.31. The summed E-state index contributed by atoms with van der Waals surface area (Å²) in [4.78, 5) is 10.3. The van der Waals surface area contributed by atoms with Crippen molar-refractivity contribution in [2.24, 2.45) is 0 Å². The summed E-state index contributed by atoms with van der Waals surface area (Å²) in [5, 5.41) is 2.02. The largest absolute Gasteiger partial charge is 0.479 e. The molecule has 0 saturated heterocycles. The first-order valence-electron chi connectivity index (χ1n) is 6.01. The van der Waals surface area contributed by atoms with Crippen molar-refractivity contribution in [2.75, 3.05) is 14.2 Å². The van der Waals surface area contributed by atoms with Crippen LogP contribution in [0.4, 0.5) is 0 Å². The average Bonchev–Trinajstić information content (AvgIpc) is 2.99. The summed E-state index contributed by atoms with van der Waals surface area (Å²) >= 11 is 1.63. The third-order valence-corrected chi connectivity index (χ3v) is 3.96. The molecular weight excluding hydrogens is 260 g/mol. The molecule has 98 valence electrons. The van der Waals surface area contributed by atoms with Crippen LogP contribution in [0, 0.1) is 0 Å². The zero-order valence-electron chi connectivity index (χ0n) is 10.8. The first-order chi connectivity index (χ1) is 9.31.